The molecule has 8 nitrogen and oxygen atoms in total. The predicted molar refractivity (Wildman–Crippen MR) is 161 cm³/mol. The lowest BCUT2D eigenvalue weighted by Crippen LogP contribution is -2.55. The molecule has 5 unspecified atom stereocenters. The van der Waals surface area contributed by atoms with Gasteiger partial charge in [-0.05, 0) is 47.5 Å². The van der Waals surface area contributed by atoms with Crippen molar-refractivity contribution in [2.24, 2.45) is 5.92 Å². The zero-order valence-corrected chi connectivity index (χ0v) is 24.8. The first kappa shape index (κ1) is 28.9. The van der Waals surface area contributed by atoms with Gasteiger partial charge in [0.15, 0.2) is 5.78 Å². The topological polar surface area (TPSA) is 88.2 Å². The fraction of sp³-hybridized carbons (Fsp3) is 0.406. The van der Waals surface area contributed by atoms with E-state index in [1.807, 2.05) is 60.0 Å². The fourth-order valence-corrected chi connectivity index (χ4v) is 7.30. The summed E-state index contributed by atoms with van der Waals surface area (Å²) in [4.78, 5) is 47.3. The quantitative estimate of drug-likeness (QED) is 0.375. The summed E-state index contributed by atoms with van der Waals surface area (Å²) in [7, 11) is 0. The van der Waals surface area contributed by atoms with Gasteiger partial charge in [0.25, 0.3) is 0 Å². The molecule has 3 fully saturated rings. The number of ketones is 1. The Morgan fingerprint density at radius 1 is 0.929 bits per heavy atom. The molecule has 1 aromatic heterocycles. The summed E-state index contributed by atoms with van der Waals surface area (Å²) in [5.41, 5.74) is 1.59. The van der Waals surface area contributed by atoms with Crippen LogP contribution in [0, 0.1) is 5.92 Å². The minimum absolute atomic E-state index is 0.0683. The van der Waals surface area contributed by atoms with Crippen molar-refractivity contribution in [2.45, 2.75) is 36.9 Å². The Kier molecular flexibility index (Phi) is 8.90. The van der Waals surface area contributed by atoms with Gasteiger partial charge in [-0.25, -0.2) is 4.79 Å². The van der Waals surface area contributed by atoms with Gasteiger partial charge in [0.1, 0.15) is 6.04 Å². The zero-order chi connectivity index (χ0) is 29.1. The molecule has 0 spiro atoms. The van der Waals surface area contributed by atoms with E-state index in [1.165, 1.54) is 11.3 Å². The Labute approximate surface area is 254 Å². The summed E-state index contributed by atoms with van der Waals surface area (Å²) in [6, 6.07) is 18.6. The highest BCUT2D eigenvalue weighted by Crippen LogP contribution is 2.52. The van der Waals surface area contributed by atoms with E-state index >= 15 is 0 Å². The number of carbonyl (C=O) groups excluding carboxylic acids is 3. The second-order valence-corrected chi connectivity index (χ2v) is 12.3. The van der Waals surface area contributed by atoms with Gasteiger partial charge >= 0.3 is 6.03 Å². The number of hydrogen-bond acceptors (Lipinski definition) is 6. The molecule has 3 amide bonds. The number of likely N-dealkylation sites (tertiary alicyclic amines) is 1. The molecule has 0 aliphatic carbocycles. The highest BCUT2D eigenvalue weighted by atomic mass is 35.5. The highest BCUT2D eigenvalue weighted by Gasteiger charge is 2.58. The summed E-state index contributed by atoms with van der Waals surface area (Å²) in [5, 5.41) is 5.52. The SMILES string of the molecule is O=C(c1cccs1)C1C(c2ccc(Cl)cc2)C(C(=O)NCC2CCCO2)N(C(=O)N2CCOCC2)C1c1ccccc1. The lowest BCUT2D eigenvalue weighted by molar-refractivity contribution is -0.126. The van der Waals surface area contributed by atoms with E-state index in [1.54, 1.807) is 21.9 Å². The van der Waals surface area contributed by atoms with E-state index in [-0.39, 0.29) is 23.8 Å². The van der Waals surface area contributed by atoms with Crippen LogP contribution >= 0.6 is 22.9 Å². The molecule has 3 aliphatic heterocycles. The number of benzene rings is 2. The lowest BCUT2D eigenvalue weighted by Gasteiger charge is -2.37. The number of rotatable bonds is 7. The van der Waals surface area contributed by atoms with Crippen molar-refractivity contribution in [3.8, 4) is 0 Å². The van der Waals surface area contributed by atoms with Crippen molar-refractivity contribution in [2.75, 3.05) is 39.5 Å². The van der Waals surface area contributed by atoms with Crippen LogP contribution in [0.1, 0.15) is 45.6 Å². The van der Waals surface area contributed by atoms with Crippen LogP contribution < -0.4 is 5.32 Å². The number of urea groups is 1. The molecule has 1 N–H and O–H groups in total. The Hall–Kier alpha value is -3.24. The smallest absolute Gasteiger partial charge is 0.321 e. The molecule has 0 bridgehead atoms. The number of nitrogens with one attached hydrogen (secondary N) is 1. The average molecular weight is 608 g/mol. The van der Waals surface area contributed by atoms with Gasteiger partial charge in [-0.15, -0.1) is 11.3 Å². The van der Waals surface area contributed by atoms with Crippen molar-refractivity contribution >= 4 is 40.7 Å². The summed E-state index contributed by atoms with van der Waals surface area (Å²) in [6.45, 7) is 2.69. The lowest BCUT2D eigenvalue weighted by atomic mass is 9.77. The maximum atomic E-state index is 14.5. The second kappa shape index (κ2) is 13.0. The number of ether oxygens (including phenoxy) is 2. The highest BCUT2D eigenvalue weighted by molar-refractivity contribution is 7.12. The minimum atomic E-state index is -0.943. The van der Waals surface area contributed by atoms with Crippen molar-refractivity contribution in [1.29, 1.82) is 0 Å². The number of hydrogen-bond donors (Lipinski definition) is 1. The van der Waals surface area contributed by atoms with E-state index in [9.17, 15) is 14.4 Å². The van der Waals surface area contributed by atoms with Crippen LogP contribution in [-0.4, -0.2) is 79.1 Å². The fourth-order valence-electron chi connectivity index (χ4n) is 6.46. The van der Waals surface area contributed by atoms with Crippen LogP contribution in [0.15, 0.2) is 72.1 Å². The van der Waals surface area contributed by atoms with Gasteiger partial charge in [0.2, 0.25) is 5.91 Å². The number of amides is 3. The molecule has 3 aromatic rings. The van der Waals surface area contributed by atoms with Gasteiger partial charge in [0.05, 0.1) is 36.2 Å². The molecule has 5 atom stereocenters. The number of morpholine rings is 1. The molecule has 3 aliphatic rings. The normalized spacial score (nSPS) is 25.9. The third-order valence-corrected chi connectivity index (χ3v) is 9.56. The summed E-state index contributed by atoms with van der Waals surface area (Å²) < 4.78 is 11.3. The second-order valence-electron chi connectivity index (χ2n) is 10.9. The number of thiophene rings is 1. The molecule has 3 saturated heterocycles. The number of nitrogens with zero attached hydrogens (tertiary/aromatic N) is 2. The van der Waals surface area contributed by atoms with E-state index in [2.05, 4.69) is 5.32 Å². The Bertz CT molecular complexity index is 1370. The third kappa shape index (κ3) is 5.83. The standard InChI is InChI=1S/C32H34ClN3O5S/c33-23-12-10-21(11-13-23)26-27(30(37)25-9-5-19-42-25)28(22-6-2-1-3-7-22)36(32(39)35-14-17-40-18-15-35)29(26)31(38)34-20-24-8-4-16-41-24/h1-3,5-7,9-13,19,24,26-29H,4,8,14-18,20H2,(H,34,38). The van der Waals surface area contributed by atoms with Gasteiger partial charge < -0.3 is 24.6 Å². The van der Waals surface area contributed by atoms with Crippen molar-refractivity contribution < 1.29 is 23.9 Å². The molecule has 0 radical (unpaired) electrons. The molecule has 2 aromatic carbocycles. The summed E-state index contributed by atoms with van der Waals surface area (Å²) in [6.07, 6.45) is 1.75. The van der Waals surface area contributed by atoms with Crippen LogP contribution in [0.4, 0.5) is 4.79 Å². The number of halogens is 1. The van der Waals surface area contributed by atoms with Crippen molar-refractivity contribution in [3.05, 3.63) is 93.1 Å². The van der Waals surface area contributed by atoms with E-state index in [4.69, 9.17) is 21.1 Å². The van der Waals surface area contributed by atoms with E-state index in [0.29, 0.717) is 49.4 Å². The minimum Gasteiger partial charge on any atom is -0.378 e. The van der Waals surface area contributed by atoms with Gasteiger partial charge in [-0.3, -0.25) is 9.59 Å². The Balaban J connectivity index is 1.50. The largest absolute Gasteiger partial charge is 0.378 e. The Morgan fingerprint density at radius 3 is 2.36 bits per heavy atom. The van der Waals surface area contributed by atoms with E-state index < -0.39 is 23.9 Å². The zero-order valence-electron chi connectivity index (χ0n) is 23.2. The Morgan fingerprint density at radius 2 is 1.69 bits per heavy atom. The maximum Gasteiger partial charge on any atom is 0.321 e. The molecular formula is C32H34ClN3O5S. The van der Waals surface area contributed by atoms with Gasteiger partial charge in [-0.2, -0.15) is 0 Å². The summed E-state index contributed by atoms with van der Waals surface area (Å²) >= 11 is 7.65. The number of Topliss-reactive ketones (excluding diaryl/α,β-unsaturated/α-hetero) is 1. The van der Waals surface area contributed by atoms with E-state index in [0.717, 1.165) is 24.0 Å². The molecular weight excluding hydrogens is 574 g/mol. The summed E-state index contributed by atoms with van der Waals surface area (Å²) in [5.74, 6) is -1.71. The molecule has 6 rings (SSSR count). The molecule has 42 heavy (non-hydrogen) atoms. The van der Waals surface area contributed by atoms with Crippen LogP contribution in [-0.2, 0) is 14.3 Å². The maximum absolute atomic E-state index is 14.5. The van der Waals surface area contributed by atoms with Crippen LogP contribution in [0.25, 0.3) is 0 Å². The third-order valence-electron chi connectivity index (χ3n) is 8.43. The average Bonchev–Trinajstić information content (AvgIpc) is 3.81. The van der Waals surface area contributed by atoms with Crippen LogP contribution in [0.3, 0.4) is 0 Å². The first-order valence-electron chi connectivity index (χ1n) is 14.5. The predicted octanol–water partition coefficient (Wildman–Crippen LogP) is 5.16. The molecule has 4 heterocycles. The van der Waals surface area contributed by atoms with Crippen molar-refractivity contribution in [3.63, 3.8) is 0 Å². The monoisotopic (exact) mass is 607 g/mol. The van der Waals surface area contributed by atoms with Crippen LogP contribution in [0.5, 0.6) is 0 Å². The van der Waals surface area contributed by atoms with Gasteiger partial charge in [0, 0.05) is 37.2 Å². The molecule has 0 saturated carbocycles. The van der Waals surface area contributed by atoms with Gasteiger partial charge in [-0.1, -0.05) is 60.1 Å². The molecule has 220 valence electrons. The first-order chi connectivity index (χ1) is 20.5. The van der Waals surface area contributed by atoms with Crippen molar-refractivity contribution in [1.82, 2.24) is 15.1 Å². The van der Waals surface area contributed by atoms with Crippen LogP contribution in [0.2, 0.25) is 5.02 Å². The molecule has 10 heteroatoms. The number of carbonyl (C=O) groups is 3. The first-order valence-corrected chi connectivity index (χ1v) is 15.7.